The molecule has 0 bridgehead atoms. The van der Waals surface area contributed by atoms with Gasteiger partial charge in [0.05, 0.1) is 11.0 Å². The van der Waals surface area contributed by atoms with Crippen molar-refractivity contribution in [2.75, 3.05) is 33.5 Å². The molecule has 264 valence electrons. The number of amides is 3. The van der Waals surface area contributed by atoms with Gasteiger partial charge in [-0.25, -0.2) is 19.6 Å². The molecule has 3 aromatic carbocycles. The van der Waals surface area contributed by atoms with Gasteiger partial charge in [0.25, 0.3) is 0 Å². The molecule has 14 heteroatoms. The summed E-state index contributed by atoms with van der Waals surface area (Å²) < 4.78 is 0. The fraction of sp³-hybridized carbons (Fsp3) is 0.158. The zero-order valence-electron chi connectivity index (χ0n) is 29.1. The number of aromatic amines is 2. The van der Waals surface area contributed by atoms with Crippen LogP contribution >= 0.6 is 0 Å². The van der Waals surface area contributed by atoms with Crippen molar-refractivity contribution in [3.8, 4) is 22.3 Å². The lowest BCUT2D eigenvalue weighted by Gasteiger charge is -2.19. The number of hydrogen-bond donors (Lipinski definition) is 7. The maximum Gasteiger partial charge on any atom is 0.412 e. The Hall–Kier alpha value is -6.96. The number of nitrogens with one attached hydrogen (secondary N) is 4. The number of fused-ring (bicyclic) bond motifs is 2. The number of nitrogens with zero attached hydrogens (tertiary/aromatic N) is 5. The lowest BCUT2D eigenvalue weighted by atomic mass is 9.87. The van der Waals surface area contributed by atoms with Gasteiger partial charge in [0.1, 0.15) is 11.6 Å². The van der Waals surface area contributed by atoms with Crippen LogP contribution in [0.2, 0.25) is 0 Å². The van der Waals surface area contributed by atoms with E-state index in [9.17, 15) is 14.7 Å². The first-order chi connectivity index (χ1) is 24.9. The molecule has 9 N–H and O–H groups in total. The molecule has 0 spiro atoms. The number of carboxylic acid groups (broad SMARTS) is 1. The minimum Gasteiger partial charge on any atom is -0.465 e. The summed E-state index contributed by atoms with van der Waals surface area (Å²) >= 11 is 0. The normalized spacial score (nSPS) is 11.2. The van der Waals surface area contributed by atoms with E-state index in [1.165, 1.54) is 10.5 Å². The van der Waals surface area contributed by atoms with Gasteiger partial charge in [-0.2, -0.15) is 10.2 Å². The first-order valence-electron chi connectivity index (χ1n) is 16.5. The SMILES string of the molecule is CC(C)(C)c1ccc(NC(=O)Nc2cc(-c3ccc4[nH]nc(N)c4c3)ccn2)cc1.CCN(C(=O)O)c1cc(-c2ccc3[nH]nc(N)c3c2)ccn1. The molecule has 7 rings (SSSR count). The zero-order chi connectivity index (χ0) is 37.0. The van der Waals surface area contributed by atoms with Crippen molar-refractivity contribution in [2.45, 2.75) is 33.1 Å². The highest BCUT2D eigenvalue weighted by Crippen LogP contribution is 2.29. The number of H-pyrrole nitrogens is 2. The van der Waals surface area contributed by atoms with Crippen LogP contribution in [0.4, 0.5) is 38.5 Å². The highest BCUT2D eigenvalue weighted by Gasteiger charge is 2.15. The van der Waals surface area contributed by atoms with Crippen LogP contribution in [0.15, 0.2) is 97.3 Å². The molecule has 0 unspecified atom stereocenters. The standard InChI is InChI=1S/C23H24N6O.C15H15N5O2/c1-23(2,3)16-5-7-17(8-6-16)26-22(30)27-20-13-15(10-11-25-20)14-4-9-19-18(12-14)21(24)29-28-19;1-2-20(15(21)22)13-8-10(5-6-17-13)9-3-4-12-11(7-9)14(16)19-18-12/h4-13H,1-3H3,(H3,24,28,29)(H2,25,26,27,30);3-8H,2H2,1H3,(H,21,22)(H3,16,18,19). The molecule has 3 amide bonds. The third-order valence-electron chi connectivity index (χ3n) is 8.43. The smallest absolute Gasteiger partial charge is 0.412 e. The maximum atomic E-state index is 12.4. The van der Waals surface area contributed by atoms with E-state index < -0.39 is 6.09 Å². The van der Waals surface area contributed by atoms with Crippen LogP contribution in [0.3, 0.4) is 0 Å². The van der Waals surface area contributed by atoms with Crippen molar-refractivity contribution in [3.63, 3.8) is 0 Å². The van der Waals surface area contributed by atoms with Crippen molar-refractivity contribution in [1.29, 1.82) is 0 Å². The topological polar surface area (TPSA) is 217 Å². The highest BCUT2D eigenvalue weighted by atomic mass is 16.4. The second-order valence-corrected chi connectivity index (χ2v) is 13.0. The number of pyridine rings is 2. The lowest BCUT2D eigenvalue weighted by molar-refractivity contribution is 0.202. The number of urea groups is 1. The van der Waals surface area contributed by atoms with E-state index in [0.717, 1.165) is 49.7 Å². The molecular weight excluding hydrogens is 658 g/mol. The van der Waals surface area contributed by atoms with Gasteiger partial charge in [0.15, 0.2) is 11.6 Å². The summed E-state index contributed by atoms with van der Waals surface area (Å²) in [6, 6.07) is 26.4. The van der Waals surface area contributed by atoms with Gasteiger partial charge in [0, 0.05) is 35.4 Å². The summed E-state index contributed by atoms with van der Waals surface area (Å²) in [7, 11) is 0. The summed E-state index contributed by atoms with van der Waals surface area (Å²) in [5, 5.41) is 30.2. The number of hydrogen-bond acceptors (Lipinski definition) is 8. The third kappa shape index (κ3) is 7.75. The van der Waals surface area contributed by atoms with E-state index in [1.807, 2.05) is 78.9 Å². The van der Waals surface area contributed by atoms with Gasteiger partial charge in [-0.05, 0) is 101 Å². The monoisotopic (exact) mass is 697 g/mol. The van der Waals surface area contributed by atoms with E-state index in [-0.39, 0.29) is 11.4 Å². The van der Waals surface area contributed by atoms with Crippen LogP contribution in [-0.2, 0) is 5.41 Å². The van der Waals surface area contributed by atoms with Crippen LogP contribution in [0, 0.1) is 0 Å². The van der Waals surface area contributed by atoms with Gasteiger partial charge in [0.2, 0.25) is 0 Å². The van der Waals surface area contributed by atoms with Crippen LogP contribution in [0.5, 0.6) is 0 Å². The second-order valence-electron chi connectivity index (χ2n) is 13.0. The fourth-order valence-electron chi connectivity index (χ4n) is 5.58. The van der Waals surface area contributed by atoms with Gasteiger partial charge < -0.3 is 21.9 Å². The molecule has 0 radical (unpaired) electrons. The van der Waals surface area contributed by atoms with Gasteiger partial charge in [-0.15, -0.1) is 0 Å². The first-order valence-corrected chi connectivity index (χ1v) is 16.5. The van der Waals surface area contributed by atoms with Crippen LogP contribution in [-0.4, -0.2) is 54.1 Å². The predicted octanol–water partition coefficient (Wildman–Crippen LogP) is 7.86. The lowest BCUT2D eigenvalue weighted by Crippen LogP contribution is -2.29. The molecule has 0 fully saturated rings. The Morgan fingerprint density at radius 1 is 0.731 bits per heavy atom. The Labute approximate surface area is 299 Å². The van der Waals surface area contributed by atoms with E-state index in [4.69, 9.17) is 11.5 Å². The Kier molecular flexibility index (Phi) is 9.72. The van der Waals surface area contributed by atoms with Gasteiger partial charge in [-0.1, -0.05) is 45.0 Å². The molecule has 4 heterocycles. The Balaban J connectivity index is 0.000000187. The molecule has 0 aliphatic heterocycles. The third-order valence-corrected chi connectivity index (χ3v) is 8.43. The number of nitrogens with two attached hydrogens (primary N) is 2. The molecule has 52 heavy (non-hydrogen) atoms. The van der Waals surface area contributed by atoms with Gasteiger partial charge >= 0.3 is 12.1 Å². The summed E-state index contributed by atoms with van der Waals surface area (Å²) in [6.45, 7) is 8.55. The Morgan fingerprint density at radius 2 is 1.27 bits per heavy atom. The van der Waals surface area contributed by atoms with E-state index in [0.29, 0.717) is 29.8 Å². The highest BCUT2D eigenvalue weighted by molar-refractivity contribution is 6.00. The number of carbonyl (C=O) groups excluding carboxylic acids is 1. The van der Waals surface area contributed by atoms with Crippen molar-refractivity contribution in [1.82, 2.24) is 30.4 Å². The van der Waals surface area contributed by atoms with Crippen molar-refractivity contribution in [3.05, 3.63) is 103 Å². The average molecular weight is 698 g/mol. The van der Waals surface area contributed by atoms with Crippen LogP contribution < -0.4 is 27.0 Å². The zero-order valence-corrected chi connectivity index (χ0v) is 29.1. The summed E-state index contributed by atoms with van der Waals surface area (Å²) in [6.07, 6.45) is 2.23. The van der Waals surface area contributed by atoms with E-state index in [2.05, 4.69) is 61.8 Å². The molecule has 7 aromatic rings. The quantitative estimate of drug-likeness (QED) is 0.0898. The summed E-state index contributed by atoms with van der Waals surface area (Å²) in [4.78, 5) is 33.2. The van der Waals surface area contributed by atoms with Crippen LogP contribution in [0.1, 0.15) is 33.3 Å². The molecule has 0 atom stereocenters. The summed E-state index contributed by atoms with van der Waals surface area (Å²) in [5.41, 5.74) is 19.1. The molecule has 0 aliphatic carbocycles. The number of nitrogen functional groups attached to an aromatic ring is 2. The number of carbonyl (C=O) groups is 2. The first kappa shape index (κ1) is 34.9. The minimum atomic E-state index is -1.03. The molecule has 0 saturated carbocycles. The number of aromatic nitrogens is 6. The Morgan fingerprint density at radius 3 is 1.81 bits per heavy atom. The number of benzene rings is 3. The molecule has 14 nitrogen and oxygen atoms in total. The molecular formula is C38H39N11O3. The average Bonchev–Trinajstić information content (AvgIpc) is 3.69. The number of rotatable bonds is 6. The molecule has 0 aliphatic rings. The predicted molar refractivity (Wildman–Crippen MR) is 206 cm³/mol. The van der Waals surface area contributed by atoms with E-state index >= 15 is 0 Å². The minimum absolute atomic E-state index is 0.0648. The Bertz CT molecular complexity index is 2380. The fourth-order valence-corrected chi connectivity index (χ4v) is 5.58. The van der Waals surface area contributed by atoms with Crippen molar-refractivity contribution < 1.29 is 14.7 Å². The second kappa shape index (κ2) is 14.5. The van der Waals surface area contributed by atoms with Crippen molar-refractivity contribution >= 4 is 62.9 Å². The van der Waals surface area contributed by atoms with Crippen molar-refractivity contribution in [2.24, 2.45) is 0 Å². The molecule has 0 saturated heterocycles. The van der Waals surface area contributed by atoms with Crippen LogP contribution in [0.25, 0.3) is 44.1 Å². The number of anilines is 5. The molecule has 4 aromatic heterocycles. The largest absolute Gasteiger partial charge is 0.465 e. The van der Waals surface area contributed by atoms with Gasteiger partial charge in [-0.3, -0.25) is 20.4 Å². The summed E-state index contributed by atoms with van der Waals surface area (Å²) in [5.74, 6) is 1.74. The maximum absolute atomic E-state index is 12.4. The van der Waals surface area contributed by atoms with E-state index in [1.54, 1.807) is 25.4 Å².